The summed E-state index contributed by atoms with van der Waals surface area (Å²) in [6.45, 7) is 6.43. The van der Waals surface area contributed by atoms with Crippen LogP contribution >= 0.6 is 0 Å². The van der Waals surface area contributed by atoms with E-state index >= 15 is 0 Å². The normalized spacial score (nSPS) is 8.59. The molecule has 0 saturated heterocycles. The molecule has 0 spiro atoms. The van der Waals surface area contributed by atoms with Gasteiger partial charge >= 0.3 is 5.97 Å². The minimum absolute atomic E-state index is 0.0520. The van der Waals surface area contributed by atoms with Gasteiger partial charge in [0.05, 0.1) is 0 Å². The van der Waals surface area contributed by atoms with Crippen molar-refractivity contribution in [1.29, 1.82) is 0 Å². The molecule has 0 unspecified atom stereocenters. The highest BCUT2D eigenvalue weighted by atomic mass is 16.4. The zero-order valence-corrected chi connectivity index (χ0v) is 10.1. The summed E-state index contributed by atoms with van der Waals surface area (Å²) < 4.78 is 0. The van der Waals surface area contributed by atoms with Crippen LogP contribution in [0.5, 0.6) is 0 Å². The zero-order chi connectivity index (χ0) is 13.3. The van der Waals surface area contributed by atoms with Crippen molar-refractivity contribution in [2.24, 2.45) is 0 Å². The Labute approximate surface area is 101 Å². The van der Waals surface area contributed by atoms with E-state index in [0.717, 1.165) is 5.69 Å². The first-order valence-corrected chi connectivity index (χ1v) is 5.21. The van der Waals surface area contributed by atoms with Gasteiger partial charge in [-0.25, -0.2) is 4.79 Å². The number of anilines is 1. The maximum atomic E-state index is 10.9. The summed E-state index contributed by atoms with van der Waals surface area (Å²) in [6.07, 6.45) is 0.523. The smallest absolute Gasteiger partial charge is 0.330 e. The lowest BCUT2D eigenvalue weighted by atomic mass is 10.3. The van der Waals surface area contributed by atoms with E-state index in [4.69, 9.17) is 5.11 Å². The van der Waals surface area contributed by atoms with Gasteiger partial charge in [0.1, 0.15) is 0 Å². The van der Waals surface area contributed by atoms with Crippen molar-refractivity contribution in [2.45, 2.75) is 20.3 Å². The maximum Gasteiger partial charge on any atom is 0.330 e. The van der Waals surface area contributed by atoms with Crippen molar-refractivity contribution < 1.29 is 14.7 Å². The Bertz CT molecular complexity index is 373. The summed E-state index contributed by atoms with van der Waals surface area (Å²) in [6, 6.07) is 9.44. The second kappa shape index (κ2) is 8.10. The Morgan fingerprint density at radius 2 is 1.76 bits per heavy atom. The van der Waals surface area contributed by atoms with Gasteiger partial charge in [0.25, 0.3) is 0 Å². The second-order valence-electron chi connectivity index (χ2n) is 3.35. The molecule has 4 heteroatoms. The number of nitrogens with one attached hydrogen (secondary N) is 1. The molecule has 1 rings (SSSR count). The Balaban J connectivity index is 0.000000366. The molecule has 0 heterocycles. The Kier molecular flexibility index (Phi) is 7.10. The van der Waals surface area contributed by atoms with E-state index < -0.39 is 5.97 Å². The molecule has 0 bridgehead atoms. The number of hydrogen-bond acceptors (Lipinski definition) is 2. The van der Waals surface area contributed by atoms with Gasteiger partial charge in [0.2, 0.25) is 5.91 Å². The third kappa shape index (κ3) is 7.79. The first-order valence-electron chi connectivity index (χ1n) is 5.21. The summed E-state index contributed by atoms with van der Waals surface area (Å²) in [4.78, 5) is 20.5. The topological polar surface area (TPSA) is 66.4 Å². The molecule has 0 atom stereocenters. The largest absolute Gasteiger partial charge is 0.478 e. The molecule has 0 radical (unpaired) electrons. The standard InChI is InChI=1S/C9H11NO.C4H6O2/c1-2-9(11)10-8-6-4-3-5-7-8;1-3(2)4(5)6/h3-7H,2H2,1H3,(H,10,11);1H2,2H3,(H,5,6). The number of carbonyl (C=O) groups is 2. The summed E-state index contributed by atoms with van der Waals surface area (Å²) >= 11 is 0. The lowest BCUT2D eigenvalue weighted by molar-refractivity contribution is -0.132. The van der Waals surface area contributed by atoms with Crippen LogP contribution in [-0.2, 0) is 9.59 Å². The van der Waals surface area contributed by atoms with E-state index in [1.54, 1.807) is 0 Å². The number of carboxylic acid groups (broad SMARTS) is 1. The fourth-order valence-corrected chi connectivity index (χ4v) is 0.771. The van der Waals surface area contributed by atoms with E-state index in [2.05, 4.69) is 11.9 Å². The van der Waals surface area contributed by atoms with Crippen molar-refractivity contribution in [1.82, 2.24) is 0 Å². The number of amides is 1. The molecule has 0 saturated carbocycles. The summed E-state index contributed by atoms with van der Waals surface area (Å²) in [5.74, 6) is -0.883. The van der Waals surface area contributed by atoms with Crippen LogP contribution in [0, 0.1) is 0 Å². The number of aliphatic carboxylic acids is 1. The predicted octanol–water partition coefficient (Wildman–Crippen LogP) is 2.68. The quantitative estimate of drug-likeness (QED) is 0.791. The molecule has 4 nitrogen and oxygen atoms in total. The van der Waals surface area contributed by atoms with Gasteiger partial charge in [-0.15, -0.1) is 0 Å². The van der Waals surface area contributed by atoms with Crippen molar-refractivity contribution in [2.75, 3.05) is 5.32 Å². The van der Waals surface area contributed by atoms with Crippen LogP contribution in [0.1, 0.15) is 20.3 Å². The number of carboxylic acids is 1. The van der Waals surface area contributed by atoms with Crippen LogP contribution in [0.3, 0.4) is 0 Å². The van der Waals surface area contributed by atoms with Crippen molar-refractivity contribution in [3.05, 3.63) is 42.5 Å². The minimum Gasteiger partial charge on any atom is -0.478 e. The second-order valence-corrected chi connectivity index (χ2v) is 3.35. The molecular weight excluding hydrogens is 218 g/mol. The van der Waals surface area contributed by atoms with Crippen LogP contribution in [-0.4, -0.2) is 17.0 Å². The molecule has 2 N–H and O–H groups in total. The lowest BCUT2D eigenvalue weighted by Gasteiger charge is -2.00. The first-order chi connectivity index (χ1) is 7.97. The van der Waals surface area contributed by atoms with E-state index in [9.17, 15) is 9.59 Å². The van der Waals surface area contributed by atoms with Crippen LogP contribution < -0.4 is 5.32 Å². The number of carbonyl (C=O) groups excluding carboxylic acids is 1. The van der Waals surface area contributed by atoms with Gasteiger partial charge < -0.3 is 10.4 Å². The third-order valence-corrected chi connectivity index (χ3v) is 1.74. The van der Waals surface area contributed by atoms with Crippen molar-refractivity contribution in [3.8, 4) is 0 Å². The number of para-hydroxylation sites is 1. The molecule has 1 aromatic rings. The summed E-state index contributed by atoms with van der Waals surface area (Å²) in [5.41, 5.74) is 1.04. The first kappa shape index (κ1) is 14.9. The van der Waals surface area contributed by atoms with Gasteiger partial charge in [-0.1, -0.05) is 31.7 Å². The Morgan fingerprint density at radius 1 is 1.29 bits per heavy atom. The maximum absolute atomic E-state index is 10.9. The molecule has 92 valence electrons. The van der Waals surface area contributed by atoms with Crippen molar-refractivity contribution >= 4 is 17.6 Å². The van der Waals surface area contributed by atoms with Crippen molar-refractivity contribution in [3.63, 3.8) is 0 Å². The Morgan fingerprint density at radius 3 is 2.12 bits per heavy atom. The third-order valence-electron chi connectivity index (χ3n) is 1.74. The van der Waals surface area contributed by atoms with Gasteiger partial charge in [0.15, 0.2) is 0 Å². The average molecular weight is 235 g/mol. The number of benzene rings is 1. The van der Waals surface area contributed by atoms with Gasteiger partial charge in [-0.2, -0.15) is 0 Å². The highest BCUT2D eigenvalue weighted by Gasteiger charge is 1.95. The molecule has 0 aromatic heterocycles. The molecule has 0 aliphatic carbocycles. The number of rotatable bonds is 3. The fraction of sp³-hybridized carbons (Fsp3) is 0.231. The van der Waals surface area contributed by atoms with Crippen LogP contribution in [0.2, 0.25) is 0 Å². The molecule has 17 heavy (non-hydrogen) atoms. The molecule has 1 amide bonds. The summed E-state index contributed by atoms with van der Waals surface area (Å²) in [5, 5.41) is 10.6. The van der Waals surface area contributed by atoms with Crippen LogP contribution in [0.25, 0.3) is 0 Å². The molecule has 0 aliphatic rings. The monoisotopic (exact) mass is 235 g/mol. The molecule has 0 aliphatic heterocycles. The average Bonchev–Trinajstić information content (AvgIpc) is 2.31. The van der Waals surface area contributed by atoms with Crippen LogP contribution in [0.15, 0.2) is 42.5 Å². The van der Waals surface area contributed by atoms with Crippen LogP contribution in [0.4, 0.5) is 5.69 Å². The summed E-state index contributed by atoms with van der Waals surface area (Å²) in [7, 11) is 0. The van der Waals surface area contributed by atoms with Gasteiger partial charge in [-0.3, -0.25) is 4.79 Å². The molecule has 1 aromatic carbocycles. The van der Waals surface area contributed by atoms with E-state index in [1.165, 1.54) is 6.92 Å². The molecule has 0 fully saturated rings. The SMILES string of the molecule is C=C(C)C(=O)O.CCC(=O)Nc1ccccc1. The predicted molar refractivity (Wildman–Crippen MR) is 67.8 cm³/mol. The van der Waals surface area contributed by atoms with E-state index in [-0.39, 0.29) is 11.5 Å². The van der Waals surface area contributed by atoms with E-state index in [0.29, 0.717) is 6.42 Å². The van der Waals surface area contributed by atoms with E-state index in [1.807, 2.05) is 37.3 Å². The number of hydrogen-bond donors (Lipinski definition) is 2. The Hall–Kier alpha value is -2.10. The van der Waals surface area contributed by atoms with Gasteiger partial charge in [0, 0.05) is 17.7 Å². The lowest BCUT2D eigenvalue weighted by Crippen LogP contribution is -2.08. The highest BCUT2D eigenvalue weighted by molar-refractivity contribution is 5.90. The van der Waals surface area contributed by atoms with Gasteiger partial charge in [-0.05, 0) is 19.1 Å². The highest BCUT2D eigenvalue weighted by Crippen LogP contribution is 2.04. The molecular formula is C13H17NO3. The zero-order valence-electron chi connectivity index (χ0n) is 10.1. The fourth-order valence-electron chi connectivity index (χ4n) is 0.771. The minimum atomic E-state index is -0.935.